The number of hydrogen-bond acceptors (Lipinski definition) is 7. The SMILES string of the molecule is COc1ccc2nccc([C@H](N)CC[C@@H]3CCN(CCSc4cccs4)C[C@@H]3CC(=O)O)c2c1. The molecule has 1 fully saturated rings. The monoisotopic (exact) mass is 499 g/mol. The molecule has 0 radical (unpaired) electrons. The van der Waals surface area contributed by atoms with Crippen LogP contribution in [0.1, 0.15) is 37.3 Å². The van der Waals surface area contributed by atoms with E-state index in [1.54, 1.807) is 18.4 Å². The first-order valence-corrected chi connectivity index (χ1v) is 13.7. The van der Waals surface area contributed by atoms with Gasteiger partial charge in [-0.15, -0.1) is 23.1 Å². The van der Waals surface area contributed by atoms with Crippen molar-refractivity contribution >= 4 is 40.0 Å². The van der Waals surface area contributed by atoms with Gasteiger partial charge in [0.15, 0.2) is 0 Å². The second kappa shape index (κ2) is 12.0. The summed E-state index contributed by atoms with van der Waals surface area (Å²) in [6.07, 6.45) is 4.82. The molecule has 0 amide bonds. The molecule has 3 aromatic rings. The van der Waals surface area contributed by atoms with Crippen LogP contribution in [0.3, 0.4) is 0 Å². The van der Waals surface area contributed by atoms with Crippen molar-refractivity contribution in [1.82, 2.24) is 9.88 Å². The van der Waals surface area contributed by atoms with Gasteiger partial charge in [-0.2, -0.15) is 0 Å². The number of piperidine rings is 1. The summed E-state index contributed by atoms with van der Waals surface area (Å²) in [6.45, 7) is 2.87. The Morgan fingerprint density at radius 3 is 3.00 bits per heavy atom. The van der Waals surface area contributed by atoms with Crippen molar-refractivity contribution in [2.24, 2.45) is 17.6 Å². The van der Waals surface area contributed by atoms with Gasteiger partial charge >= 0.3 is 5.97 Å². The van der Waals surface area contributed by atoms with E-state index in [9.17, 15) is 9.90 Å². The van der Waals surface area contributed by atoms with Gasteiger partial charge < -0.3 is 20.5 Å². The van der Waals surface area contributed by atoms with Crippen LogP contribution >= 0.6 is 23.1 Å². The first-order valence-electron chi connectivity index (χ1n) is 11.8. The van der Waals surface area contributed by atoms with E-state index in [0.717, 1.165) is 66.9 Å². The summed E-state index contributed by atoms with van der Waals surface area (Å²) < 4.78 is 6.73. The van der Waals surface area contributed by atoms with Crippen molar-refractivity contribution in [3.8, 4) is 5.75 Å². The molecule has 2 aromatic heterocycles. The van der Waals surface area contributed by atoms with Gasteiger partial charge in [-0.3, -0.25) is 9.78 Å². The second-order valence-corrected chi connectivity index (χ2v) is 11.3. The second-order valence-electron chi connectivity index (χ2n) is 8.95. The number of thioether (sulfide) groups is 1. The number of likely N-dealkylation sites (tertiary alicyclic amines) is 1. The third-order valence-corrected chi connectivity index (χ3v) is 8.90. The molecule has 1 aliphatic heterocycles. The van der Waals surface area contributed by atoms with E-state index in [-0.39, 0.29) is 18.4 Å². The number of thiophene rings is 1. The first-order chi connectivity index (χ1) is 16.5. The smallest absolute Gasteiger partial charge is 0.303 e. The molecule has 3 heterocycles. The highest BCUT2D eigenvalue weighted by atomic mass is 32.2. The quantitative estimate of drug-likeness (QED) is 0.347. The van der Waals surface area contributed by atoms with Crippen molar-refractivity contribution in [3.63, 3.8) is 0 Å². The molecule has 182 valence electrons. The molecule has 0 saturated carbocycles. The van der Waals surface area contributed by atoms with Crippen LogP contribution in [0.2, 0.25) is 0 Å². The molecule has 1 aliphatic rings. The molecule has 0 aliphatic carbocycles. The third-order valence-electron chi connectivity index (χ3n) is 6.79. The van der Waals surface area contributed by atoms with Gasteiger partial charge in [0.25, 0.3) is 0 Å². The summed E-state index contributed by atoms with van der Waals surface area (Å²) in [5, 5.41) is 12.7. The maximum Gasteiger partial charge on any atom is 0.303 e. The topological polar surface area (TPSA) is 88.7 Å². The molecule has 34 heavy (non-hydrogen) atoms. The lowest BCUT2D eigenvalue weighted by Gasteiger charge is -2.38. The van der Waals surface area contributed by atoms with Crippen LogP contribution in [-0.2, 0) is 4.79 Å². The summed E-state index contributed by atoms with van der Waals surface area (Å²) in [4.78, 5) is 18.5. The van der Waals surface area contributed by atoms with Crippen LogP contribution in [0.5, 0.6) is 5.75 Å². The molecule has 4 rings (SSSR count). The van der Waals surface area contributed by atoms with Gasteiger partial charge in [0.2, 0.25) is 0 Å². The molecule has 3 N–H and O–H groups in total. The summed E-state index contributed by atoms with van der Waals surface area (Å²) >= 11 is 3.65. The Morgan fingerprint density at radius 1 is 1.35 bits per heavy atom. The number of nitrogens with zero attached hydrogens (tertiary/aromatic N) is 2. The lowest BCUT2D eigenvalue weighted by Crippen LogP contribution is -2.42. The fraction of sp³-hybridized carbons (Fsp3) is 0.462. The highest BCUT2D eigenvalue weighted by Crippen LogP contribution is 2.34. The number of aliphatic carboxylic acids is 1. The molecule has 6 nitrogen and oxygen atoms in total. The number of aromatic nitrogens is 1. The lowest BCUT2D eigenvalue weighted by molar-refractivity contribution is -0.139. The minimum atomic E-state index is -0.707. The van der Waals surface area contributed by atoms with Crippen LogP contribution in [-0.4, -0.2) is 53.5 Å². The van der Waals surface area contributed by atoms with Crippen LogP contribution in [0, 0.1) is 11.8 Å². The maximum atomic E-state index is 11.6. The molecule has 1 aromatic carbocycles. The van der Waals surface area contributed by atoms with E-state index in [2.05, 4.69) is 27.4 Å². The molecule has 1 saturated heterocycles. The minimum Gasteiger partial charge on any atom is -0.497 e. The Morgan fingerprint density at radius 2 is 2.24 bits per heavy atom. The van der Waals surface area contributed by atoms with E-state index in [4.69, 9.17) is 10.5 Å². The van der Waals surface area contributed by atoms with Crippen molar-refractivity contribution in [3.05, 3.63) is 53.5 Å². The number of ether oxygens (including phenoxy) is 1. The van der Waals surface area contributed by atoms with Gasteiger partial charge in [0, 0.05) is 42.9 Å². The molecular weight excluding hydrogens is 466 g/mol. The van der Waals surface area contributed by atoms with E-state index in [0.29, 0.717) is 5.92 Å². The molecule has 3 atom stereocenters. The summed E-state index contributed by atoms with van der Waals surface area (Å²) in [5.41, 5.74) is 8.64. The van der Waals surface area contributed by atoms with Crippen molar-refractivity contribution in [1.29, 1.82) is 0 Å². The minimum absolute atomic E-state index is 0.122. The zero-order chi connectivity index (χ0) is 23.9. The van der Waals surface area contributed by atoms with E-state index in [1.807, 2.05) is 42.2 Å². The van der Waals surface area contributed by atoms with Gasteiger partial charge in [0.1, 0.15) is 5.75 Å². The highest BCUT2D eigenvalue weighted by Gasteiger charge is 2.31. The Labute approximate surface area is 209 Å². The summed E-state index contributed by atoms with van der Waals surface area (Å²) in [7, 11) is 1.66. The Bertz CT molecular complexity index is 1080. The van der Waals surface area contributed by atoms with Crippen molar-refractivity contribution in [2.75, 3.05) is 32.5 Å². The Balaban J connectivity index is 1.35. The predicted octanol–water partition coefficient (Wildman–Crippen LogP) is 5.29. The van der Waals surface area contributed by atoms with Crippen LogP contribution in [0.15, 0.2) is 52.2 Å². The van der Waals surface area contributed by atoms with Gasteiger partial charge in [0.05, 0.1) is 16.8 Å². The Kier molecular flexibility index (Phi) is 8.83. The number of methoxy groups -OCH3 is 1. The van der Waals surface area contributed by atoms with E-state index in [1.165, 1.54) is 4.21 Å². The predicted molar refractivity (Wildman–Crippen MR) is 140 cm³/mol. The lowest BCUT2D eigenvalue weighted by atomic mass is 9.79. The number of nitrogens with two attached hydrogens (primary N) is 1. The van der Waals surface area contributed by atoms with E-state index < -0.39 is 5.97 Å². The number of hydrogen-bond donors (Lipinski definition) is 2. The molecule has 0 spiro atoms. The number of rotatable bonds is 11. The van der Waals surface area contributed by atoms with Crippen LogP contribution < -0.4 is 10.5 Å². The summed E-state index contributed by atoms with van der Waals surface area (Å²) in [5.74, 6) is 1.67. The van der Waals surface area contributed by atoms with Gasteiger partial charge in [-0.25, -0.2) is 0 Å². The van der Waals surface area contributed by atoms with Gasteiger partial charge in [-0.1, -0.05) is 6.07 Å². The average Bonchev–Trinajstić information content (AvgIpc) is 3.36. The largest absolute Gasteiger partial charge is 0.497 e. The Hall–Kier alpha value is -2.13. The van der Waals surface area contributed by atoms with Crippen molar-refractivity contribution in [2.45, 2.75) is 35.9 Å². The summed E-state index contributed by atoms with van der Waals surface area (Å²) in [6, 6.07) is 12.0. The fourth-order valence-corrected chi connectivity index (χ4v) is 6.82. The standard InChI is InChI=1S/C26H33N3O3S2/c1-32-20-5-7-24-22(16-20)21(8-10-28-24)23(27)6-4-18-9-11-29(17-19(18)15-25(30)31)12-14-34-26-3-2-13-33-26/h2-3,5,7-8,10,13,16,18-19,23H,4,6,9,11-12,14-15,17,27H2,1H3,(H,30,31)/t18-,19+,23-/m1/s1. The fourth-order valence-electron chi connectivity index (χ4n) is 4.96. The molecular formula is C26H33N3O3S2. The third kappa shape index (κ3) is 6.50. The molecule has 0 bridgehead atoms. The number of fused-ring (bicyclic) bond motifs is 1. The zero-order valence-electron chi connectivity index (χ0n) is 19.6. The average molecular weight is 500 g/mol. The first kappa shape index (κ1) is 25.0. The maximum absolute atomic E-state index is 11.6. The van der Waals surface area contributed by atoms with Gasteiger partial charge in [-0.05, 0) is 78.9 Å². The highest BCUT2D eigenvalue weighted by molar-refractivity contribution is 8.01. The number of pyridine rings is 1. The molecule has 0 unspecified atom stereocenters. The zero-order valence-corrected chi connectivity index (χ0v) is 21.2. The van der Waals surface area contributed by atoms with Crippen LogP contribution in [0.4, 0.5) is 0 Å². The number of carbonyl (C=O) groups is 1. The van der Waals surface area contributed by atoms with Crippen LogP contribution in [0.25, 0.3) is 10.9 Å². The number of carboxylic acids is 1. The normalized spacial score (nSPS) is 19.8. The van der Waals surface area contributed by atoms with Crippen molar-refractivity contribution < 1.29 is 14.6 Å². The molecule has 8 heteroatoms. The number of carboxylic acid groups (broad SMARTS) is 1. The van der Waals surface area contributed by atoms with E-state index >= 15 is 0 Å². The number of benzene rings is 1.